The van der Waals surface area contributed by atoms with Crippen LogP contribution in [0.2, 0.25) is 0 Å². The number of aryl methyl sites for hydroxylation is 1. The molecule has 0 amide bonds. The molecule has 0 radical (unpaired) electrons. The zero-order chi connectivity index (χ0) is 14.3. The van der Waals surface area contributed by atoms with Crippen molar-refractivity contribution in [2.24, 2.45) is 5.92 Å². The third-order valence-electron chi connectivity index (χ3n) is 5.15. The molecule has 108 valence electrons. The minimum absolute atomic E-state index is 0.117. The minimum Gasteiger partial charge on any atom is -0.300 e. The minimum atomic E-state index is -0.234. The van der Waals surface area contributed by atoms with Crippen molar-refractivity contribution in [1.29, 1.82) is 0 Å². The Kier molecular flexibility index (Phi) is 3.63. The molecule has 0 aliphatic carbocycles. The summed E-state index contributed by atoms with van der Waals surface area (Å²) in [5.74, 6) is 0.0891. The van der Waals surface area contributed by atoms with Crippen LogP contribution in [0.1, 0.15) is 48.0 Å². The number of ketones is 1. The molecular weight excluding hydrogens is 253 g/mol. The van der Waals surface area contributed by atoms with Crippen molar-refractivity contribution >= 4 is 5.78 Å². The lowest BCUT2D eigenvalue weighted by atomic mass is 9.76. The number of nitrogens with zero attached hydrogens (tertiary/aromatic N) is 1. The topological polar surface area (TPSA) is 20.3 Å². The molecule has 2 saturated heterocycles. The molecule has 2 atom stereocenters. The summed E-state index contributed by atoms with van der Waals surface area (Å²) in [6, 6.07) is 5.86. The van der Waals surface area contributed by atoms with E-state index >= 15 is 0 Å². The summed E-state index contributed by atoms with van der Waals surface area (Å²) in [6.45, 7) is 1.72. The highest BCUT2D eigenvalue weighted by molar-refractivity contribution is 5.98. The van der Waals surface area contributed by atoms with Crippen LogP contribution in [0.15, 0.2) is 18.2 Å². The molecule has 2 heterocycles. The van der Waals surface area contributed by atoms with Crippen LogP contribution in [0.3, 0.4) is 0 Å². The normalized spacial score (nSPS) is 30.2. The van der Waals surface area contributed by atoms with E-state index in [4.69, 9.17) is 0 Å². The van der Waals surface area contributed by atoms with Gasteiger partial charge in [0, 0.05) is 23.6 Å². The van der Waals surface area contributed by atoms with Gasteiger partial charge in [-0.3, -0.25) is 4.79 Å². The molecule has 2 aliphatic heterocycles. The second kappa shape index (κ2) is 5.28. The molecule has 0 saturated carbocycles. The first-order valence-electron chi connectivity index (χ1n) is 7.58. The maximum atomic E-state index is 13.3. The molecule has 0 N–H and O–H groups in total. The summed E-state index contributed by atoms with van der Waals surface area (Å²) in [7, 11) is 2.19. The lowest BCUT2D eigenvalue weighted by Gasteiger charge is -2.46. The first-order valence-corrected chi connectivity index (χ1v) is 7.58. The Labute approximate surface area is 120 Å². The lowest BCUT2D eigenvalue weighted by Crippen LogP contribution is -2.51. The van der Waals surface area contributed by atoms with Crippen LogP contribution in [0.25, 0.3) is 0 Å². The van der Waals surface area contributed by atoms with Crippen molar-refractivity contribution in [2.45, 2.75) is 51.1 Å². The van der Waals surface area contributed by atoms with Gasteiger partial charge in [0.2, 0.25) is 0 Å². The van der Waals surface area contributed by atoms with Gasteiger partial charge >= 0.3 is 0 Å². The van der Waals surface area contributed by atoms with Gasteiger partial charge in [0.15, 0.2) is 5.78 Å². The van der Waals surface area contributed by atoms with Crippen molar-refractivity contribution in [1.82, 2.24) is 4.90 Å². The predicted octanol–water partition coefficient (Wildman–Crippen LogP) is 3.58. The quantitative estimate of drug-likeness (QED) is 0.769. The average molecular weight is 275 g/mol. The molecule has 2 unspecified atom stereocenters. The van der Waals surface area contributed by atoms with Crippen LogP contribution in [-0.2, 0) is 0 Å². The van der Waals surface area contributed by atoms with E-state index in [0.717, 1.165) is 12.8 Å². The monoisotopic (exact) mass is 275 g/mol. The number of halogens is 1. The van der Waals surface area contributed by atoms with E-state index in [2.05, 4.69) is 11.9 Å². The van der Waals surface area contributed by atoms with E-state index in [1.54, 1.807) is 19.1 Å². The zero-order valence-electron chi connectivity index (χ0n) is 12.2. The highest BCUT2D eigenvalue weighted by Crippen LogP contribution is 2.37. The number of piperidine rings is 2. The maximum absolute atomic E-state index is 13.3. The number of hydrogen-bond donors (Lipinski definition) is 0. The van der Waals surface area contributed by atoms with Crippen LogP contribution < -0.4 is 0 Å². The number of hydrogen-bond acceptors (Lipinski definition) is 2. The van der Waals surface area contributed by atoms with Crippen LogP contribution in [0, 0.1) is 18.7 Å². The first kappa shape index (κ1) is 13.7. The summed E-state index contributed by atoms with van der Waals surface area (Å²) in [6.07, 6.45) is 5.62. The fraction of sp³-hybridized carbons (Fsp3) is 0.588. The summed E-state index contributed by atoms with van der Waals surface area (Å²) in [5.41, 5.74) is 1.24. The molecular formula is C17H22FNO. The van der Waals surface area contributed by atoms with Crippen molar-refractivity contribution in [2.75, 3.05) is 7.05 Å². The Balaban J connectivity index is 1.79. The van der Waals surface area contributed by atoms with E-state index in [1.807, 2.05) is 0 Å². The third-order valence-corrected chi connectivity index (χ3v) is 5.15. The van der Waals surface area contributed by atoms with Gasteiger partial charge in [-0.25, -0.2) is 4.39 Å². The second-order valence-electron chi connectivity index (χ2n) is 6.40. The molecule has 3 rings (SSSR count). The van der Waals surface area contributed by atoms with E-state index in [0.29, 0.717) is 23.2 Å². The van der Waals surface area contributed by atoms with Gasteiger partial charge in [-0.15, -0.1) is 0 Å². The number of rotatable bonds is 2. The first-order chi connectivity index (χ1) is 9.56. The smallest absolute Gasteiger partial charge is 0.166 e. The third kappa shape index (κ3) is 2.39. The van der Waals surface area contributed by atoms with Gasteiger partial charge in [0.1, 0.15) is 5.82 Å². The molecule has 1 aromatic rings. The van der Waals surface area contributed by atoms with Crippen LogP contribution >= 0.6 is 0 Å². The zero-order valence-corrected chi connectivity index (χ0v) is 12.2. The number of carbonyl (C=O) groups excluding carboxylic acids is 1. The Bertz CT molecular complexity index is 514. The molecule has 0 spiro atoms. The van der Waals surface area contributed by atoms with Gasteiger partial charge in [0.25, 0.3) is 0 Å². The van der Waals surface area contributed by atoms with Gasteiger partial charge in [-0.05, 0) is 63.4 Å². The fourth-order valence-electron chi connectivity index (χ4n) is 3.86. The molecule has 3 heteroatoms. The van der Waals surface area contributed by atoms with Crippen molar-refractivity contribution < 1.29 is 9.18 Å². The van der Waals surface area contributed by atoms with Crippen LogP contribution in [-0.4, -0.2) is 29.8 Å². The predicted molar refractivity (Wildman–Crippen MR) is 77.4 cm³/mol. The molecule has 2 bridgehead atoms. The van der Waals surface area contributed by atoms with Crippen LogP contribution in [0.4, 0.5) is 4.39 Å². The molecule has 0 aromatic heterocycles. The molecule has 1 aromatic carbocycles. The molecule has 2 fully saturated rings. The Morgan fingerprint density at radius 3 is 2.50 bits per heavy atom. The fourth-order valence-corrected chi connectivity index (χ4v) is 3.86. The van der Waals surface area contributed by atoms with E-state index in [-0.39, 0.29) is 17.5 Å². The second-order valence-corrected chi connectivity index (χ2v) is 6.40. The largest absolute Gasteiger partial charge is 0.300 e. The summed E-state index contributed by atoms with van der Waals surface area (Å²) < 4.78 is 13.3. The molecule has 2 aliphatic rings. The number of fused-ring (bicyclic) bond motifs is 2. The van der Waals surface area contributed by atoms with Gasteiger partial charge in [-0.1, -0.05) is 6.42 Å². The standard InChI is InChI=1S/C17H22FNO/c1-11-8-12(6-7-16(11)18)17(20)13-9-14-4-3-5-15(10-13)19(14)2/h6-8,13-15H,3-5,9-10H2,1-2H3. The van der Waals surface area contributed by atoms with E-state index in [1.165, 1.54) is 25.3 Å². The van der Waals surface area contributed by atoms with Crippen molar-refractivity contribution in [3.63, 3.8) is 0 Å². The average Bonchev–Trinajstić information content (AvgIpc) is 2.41. The van der Waals surface area contributed by atoms with Crippen LogP contribution in [0.5, 0.6) is 0 Å². The highest BCUT2D eigenvalue weighted by atomic mass is 19.1. The maximum Gasteiger partial charge on any atom is 0.166 e. The number of carbonyl (C=O) groups is 1. The van der Waals surface area contributed by atoms with E-state index < -0.39 is 0 Å². The SMILES string of the molecule is Cc1cc(C(=O)C2CC3CCCC(C2)N3C)ccc1F. The Morgan fingerprint density at radius 2 is 1.90 bits per heavy atom. The van der Waals surface area contributed by atoms with Crippen molar-refractivity contribution in [3.05, 3.63) is 35.1 Å². The van der Waals surface area contributed by atoms with Gasteiger partial charge in [0.05, 0.1) is 0 Å². The number of Topliss-reactive ketones (excluding diaryl/α,β-unsaturated/α-hetero) is 1. The molecule has 20 heavy (non-hydrogen) atoms. The number of benzene rings is 1. The highest BCUT2D eigenvalue weighted by Gasteiger charge is 2.38. The summed E-state index contributed by atoms with van der Waals surface area (Å²) in [5, 5.41) is 0. The summed E-state index contributed by atoms with van der Waals surface area (Å²) in [4.78, 5) is 15.1. The summed E-state index contributed by atoms with van der Waals surface area (Å²) >= 11 is 0. The van der Waals surface area contributed by atoms with Crippen molar-refractivity contribution in [3.8, 4) is 0 Å². The Morgan fingerprint density at radius 1 is 1.25 bits per heavy atom. The van der Waals surface area contributed by atoms with E-state index in [9.17, 15) is 9.18 Å². The lowest BCUT2D eigenvalue weighted by molar-refractivity contribution is 0.0338. The van der Waals surface area contributed by atoms with Gasteiger partial charge in [-0.2, -0.15) is 0 Å². The Hall–Kier alpha value is -1.22. The van der Waals surface area contributed by atoms with Gasteiger partial charge < -0.3 is 4.90 Å². The molecule has 2 nitrogen and oxygen atoms in total.